The molecule has 1 aliphatic heterocycles. The zero-order chi connectivity index (χ0) is 13.2. The third-order valence-electron chi connectivity index (χ3n) is 3.86. The molecule has 0 aliphatic carbocycles. The van der Waals surface area contributed by atoms with Crippen LogP contribution in [0.2, 0.25) is 0 Å². The van der Waals surface area contributed by atoms with E-state index in [4.69, 9.17) is 4.74 Å². The molecule has 1 atom stereocenters. The maximum Gasteiger partial charge on any atom is 0.124 e. The van der Waals surface area contributed by atoms with Gasteiger partial charge in [-0.2, -0.15) is 0 Å². The Morgan fingerprint density at radius 2 is 2.11 bits per heavy atom. The molecule has 1 fully saturated rings. The number of hydrogen-bond donors (Lipinski definition) is 1. The maximum absolute atomic E-state index is 13.3. The predicted octanol–water partition coefficient (Wildman–Crippen LogP) is 3.73. The van der Waals surface area contributed by atoms with Gasteiger partial charge >= 0.3 is 0 Å². The smallest absolute Gasteiger partial charge is 0.124 e. The standard InChI is InChI=1S/C15H18FNOS/c1-17-15(10-4-6-18-7-5-10)14-8-11-2-3-12(16)9-13(11)19-14/h2-3,8-10,15,17H,4-7H2,1H3. The van der Waals surface area contributed by atoms with Gasteiger partial charge in [-0.05, 0) is 49.4 Å². The Morgan fingerprint density at radius 1 is 1.32 bits per heavy atom. The van der Waals surface area contributed by atoms with Gasteiger partial charge in [0.25, 0.3) is 0 Å². The minimum absolute atomic E-state index is 0.159. The van der Waals surface area contributed by atoms with E-state index >= 15 is 0 Å². The second-order valence-corrected chi connectivity index (χ2v) is 6.16. The molecule has 2 heterocycles. The number of halogens is 1. The van der Waals surface area contributed by atoms with Crippen molar-refractivity contribution >= 4 is 21.4 Å². The van der Waals surface area contributed by atoms with Crippen molar-refractivity contribution in [2.45, 2.75) is 18.9 Å². The van der Waals surface area contributed by atoms with Crippen LogP contribution < -0.4 is 5.32 Å². The van der Waals surface area contributed by atoms with Crippen molar-refractivity contribution in [3.8, 4) is 0 Å². The fourth-order valence-corrected chi connectivity index (χ4v) is 4.13. The number of nitrogens with one attached hydrogen (secondary N) is 1. The Labute approximate surface area is 116 Å². The molecule has 2 nitrogen and oxygen atoms in total. The Morgan fingerprint density at radius 3 is 2.84 bits per heavy atom. The first-order chi connectivity index (χ1) is 9.28. The average Bonchev–Trinajstić information content (AvgIpc) is 2.83. The fourth-order valence-electron chi connectivity index (χ4n) is 2.84. The molecule has 2 aromatic rings. The Hall–Kier alpha value is -0.970. The van der Waals surface area contributed by atoms with Gasteiger partial charge in [-0.15, -0.1) is 11.3 Å². The van der Waals surface area contributed by atoms with E-state index in [1.54, 1.807) is 17.4 Å². The van der Waals surface area contributed by atoms with E-state index in [2.05, 4.69) is 11.4 Å². The second kappa shape index (κ2) is 5.57. The summed E-state index contributed by atoms with van der Waals surface area (Å²) >= 11 is 1.69. The SMILES string of the molecule is CNC(c1cc2ccc(F)cc2s1)C1CCOCC1. The zero-order valence-corrected chi connectivity index (χ0v) is 11.8. The van der Waals surface area contributed by atoms with Crippen LogP contribution in [0.1, 0.15) is 23.8 Å². The summed E-state index contributed by atoms with van der Waals surface area (Å²) in [5.74, 6) is 0.449. The Balaban J connectivity index is 1.91. The van der Waals surface area contributed by atoms with Crippen molar-refractivity contribution in [2.24, 2.45) is 5.92 Å². The van der Waals surface area contributed by atoms with E-state index in [1.165, 1.54) is 10.9 Å². The lowest BCUT2D eigenvalue weighted by atomic mass is 9.91. The van der Waals surface area contributed by atoms with Crippen LogP contribution in [0.15, 0.2) is 24.3 Å². The highest BCUT2D eigenvalue weighted by molar-refractivity contribution is 7.19. The van der Waals surface area contributed by atoms with Gasteiger partial charge in [-0.25, -0.2) is 4.39 Å². The Bertz CT molecular complexity index is 562. The number of benzene rings is 1. The van der Waals surface area contributed by atoms with Crippen molar-refractivity contribution < 1.29 is 9.13 Å². The van der Waals surface area contributed by atoms with Crippen LogP contribution in [0, 0.1) is 11.7 Å². The minimum Gasteiger partial charge on any atom is -0.381 e. The van der Waals surface area contributed by atoms with Gasteiger partial charge in [-0.3, -0.25) is 0 Å². The third kappa shape index (κ3) is 2.66. The van der Waals surface area contributed by atoms with Gasteiger partial charge in [0.1, 0.15) is 5.82 Å². The first-order valence-corrected chi connectivity index (χ1v) is 7.53. The largest absolute Gasteiger partial charge is 0.381 e. The monoisotopic (exact) mass is 279 g/mol. The molecule has 1 aliphatic rings. The van der Waals surface area contributed by atoms with Crippen LogP contribution in [0.25, 0.3) is 10.1 Å². The van der Waals surface area contributed by atoms with Crippen LogP contribution in [-0.2, 0) is 4.74 Å². The van der Waals surface area contributed by atoms with E-state index in [-0.39, 0.29) is 5.82 Å². The van der Waals surface area contributed by atoms with Crippen LogP contribution in [0.4, 0.5) is 4.39 Å². The minimum atomic E-state index is -0.159. The molecular weight excluding hydrogens is 261 g/mol. The van der Waals surface area contributed by atoms with E-state index < -0.39 is 0 Å². The second-order valence-electron chi connectivity index (χ2n) is 5.05. The molecule has 0 spiro atoms. The topological polar surface area (TPSA) is 21.3 Å². The number of rotatable bonds is 3. The lowest BCUT2D eigenvalue weighted by Gasteiger charge is -2.29. The summed E-state index contributed by atoms with van der Waals surface area (Å²) < 4.78 is 19.7. The zero-order valence-electron chi connectivity index (χ0n) is 11.0. The molecule has 1 aromatic heterocycles. The molecule has 4 heteroatoms. The number of thiophene rings is 1. The van der Waals surface area contributed by atoms with Crippen LogP contribution in [0.3, 0.4) is 0 Å². The molecule has 0 amide bonds. The lowest BCUT2D eigenvalue weighted by molar-refractivity contribution is 0.0550. The van der Waals surface area contributed by atoms with Gasteiger partial charge in [0, 0.05) is 28.8 Å². The highest BCUT2D eigenvalue weighted by Crippen LogP contribution is 2.36. The molecular formula is C15H18FNOS. The molecule has 1 N–H and O–H groups in total. The van der Waals surface area contributed by atoms with Crippen molar-refractivity contribution in [3.05, 3.63) is 35.0 Å². The summed E-state index contributed by atoms with van der Waals surface area (Å²) in [6.07, 6.45) is 2.18. The summed E-state index contributed by atoms with van der Waals surface area (Å²) in [5.41, 5.74) is 0. The Kier molecular flexibility index (Phi) is 3.82. The van der Waals surface area contributed by atoms with E-state index in [9.17, 15) is 4.39 Å². The highest BCUT2D eigenvalue weighted by Gasteiger charge is 2.25. The van der Waals surface area contributed by atoms with Crippen LogP contribution in [0.5, 0.6) is 0 Å². The summed E-state index contributed by atoms with van der Waals surface area (Å²) in [4.78, 5) is 1.30. The lowest BCUT2D eigenvalue weighted by Crippen LogP contribution is -2.29. The van der Waals surface area contributed by atoms with Crippen molar-refractivity contribution in [1.82, 2.24) is 5.32 Å². The number of fused-ring (bicyclic) bond motifs is 1. The van der Waals surface area contributed by atoms with Crippen molar-refractivity contribution in [3.63, 3.8) is 0 Å². The number of hydrogen-bond acceptors (Lipinski definition) is 3. The quantitative estimate of drug-likeness (QED) is 0.924. The first kappa shape index (κ1) is 13.0. The molecule has 3 rings (SSSR count). The van der Waals surface area contributed by atoms with Crippen LogP contribution in [-0.4, -0.2) is 20.3 Å². The van der Waals surface area contributed by atoms with E-state index in [0.717, 1.165) is 36.1 Å². The van der Waals surface area contributed by atoms with Gasteiger partial charge in [0.05, 0.1) is 0 Å². The first-order valence-electron chi connectivity index (χ1n) is 6.72. The molecule has 19 heavy (non-hydrogen) atoms. The molecule has 0 saturated carbocycles. The predicted molar refractivity (Wildman–Crippen MR) is 77.1 cm³/mol. The summed E-state index contributed by atoms with van der Waals surface area (Å²) in [6.45, 7) is 1.70. The molecule has 0 bridgehead atoms. The molecule has 0 radical (unpaired) electrons. The van der Waals surface area contributed by atoms with E-state index in [1.807, 2.05) is 13.1 Å². The number of ether oxygens (including phenoxy) is 1. The average molecular weight is 279 g/mol. The van der Waals surface area contributed by atoms with E-state index in [0.29, 0.717) is 12.0 Å². The summed E-state index contributed by atoms with van der Waals surface area (Å²) in [5, 5.41) is 4.56. The summed E-state index contributed by atoms with van der Waals surface area (Å²) in [6, 6.07) is 7.56. The highest BCUT2D eigenvalue weighted by atomic mass is 32.1. The normalized spacial score (nSPS) is 18.8. The molecule has 102 valence electrons. The molecule has 1 aromatic carbocycles. The summed E-state index contributed by atoms with van der Waals surface area (Å²) in [7, 11) is 2.01. The van der Waals surface area contributed by atoms with Crippen molar-refractivity contribution in [1.29, 1.82) is 0 Å². The maximum atomic E-state index is 13.3. The van der Waals surface area contributed by atoms with Gasteiger partial charge in [-0.1, -0.05) is 6.07 Å². The van der Waals surface area contributed by atoms with Gasteiger partial charge in [0.15, 0.2) is 0 Å². The van der Waals surface area contributed by atoms with Gasteiger partial charge < -0.3 is 10.1 Å². The molecule has 1 saturated heterocycles. The van der Waals surface area contributed by atoms with Gasteiger partial charge in [0.2, 0.25) is 0 Å². The van der Waals surface area contributed by atoms with Crippen LogP contribution >= 0.6 is 11.3 Å². The molecule has 1 unspecified atom stereocenters. The third-order valence-corrected chi connectivity index (χ3v) is 5.04. The van der Waals surface area contributed by atoms with Crippen molar-refractivity contribution in [2.75, 3.05) is 20.3 Å². The fraction of sp³-hybridized carbons (Fsp3) is 0.467.